The average molecular weight is 536 g/mol. The Balaban J connectivity index is 1.34. The van der Waals surface area contributed by atoms with Crippen molar-refractivity contribution in [3.63, 3.8) is 0 Å². The molecule has 3 aliphatic rings. The fourth-order valence-electron chi connectivity index (χ4n) is 6.27. The van der Waals surface area contributed by atoms with Crippen molar-refractivity contribution in [3.05, 3.63) is 63.4 Å². The number of carbonyl (C=O) groups excluding carboxylic acids is 1. The Morgan fingerprint density at radius 1 is 1.11 bits per heavy atom. The van der Waals surface area contributed by atoms with E-state index >= 15 is 4.39 Å². The molecule has 3 atom stereocenters. The van der Waals surface area contributed by atoms with Crippen molar-refractivity contribution in [3.8, 4) is 5.75 Å². The van der Waals surface area contributed by atoms with Crippen LogP contribution in [0.4, 0.5) is 13.2 Å². The topological polar surface area (TPSA) is 38.8 Å². The van der Waals surface area contributed by atoms with Gasteiger partial charge in [-0.05, 0) is 74.1 Å². The molecule has 2 aromatic carbocycles. The fraction of sp³-hybridized carbons (Fsp3) is 0.552. The number of fused-ring (bicyclic) bond motifs is 1. The van der Waals surface area contributed by atoms with E-state index in [4.69, 9.17) is 21.1 Å². The van der Waals surface area contributed by atoms with E-state index in [-0.39, 0.29) is 34.7 Å². The molecule has 2 aromatic rings. The number of carbonyl (C=O) groups is 1. The lowest BCUT2D eigenvalue weighted by Crippen LogP contribution is -2.50. The molecule has 0 amide bonds. The Bertz CT molecular complexity index is 1190. The summed E-state index contributed by atoms with van der Waals surface area (Å²) < 4.78 is 55.4. The molecular formula is C29H33ClF3NO3. The molecule has 5 rings (SSSR count). The van der Waals surface area contributed by atoms with Crippen molar-refractivity contribution in [2.75, 3.05) is 20.2 Å². The van der Waals surface area contributed by atoms with E-state index in [1.54, 1.807) is 0 Å². The first-order chi connectivity index (χ1) is 17.6. The second kappa shape index (κ2) is 10.1. The normalized spacial score (nSPS) is 21.6. The first kappa shape index (κ1) is 26.4. The first-order valence-electron chi connectivity index (χ1n) is 13.1. The maximum Gasteiger partial charge on any atom is 0.309 e. The summed E-state index contributed by atoms with van der Waals surface area (Å²) >= 11 is 6.15. The van der Waals surface area contributed by atoms with Crippen LogP contribution >= 0.6 is 11.6 Å². The number of nitrogens with zero attached hydrogens (tertiary/aromatic N) is 1. The van der Waals surface area contributed by atoms with E-state index in [0.717, 1.165) is 30.9 Å². The van der Waals surface area contributed by atoms with Crippen LogP contribution < -0.4 is 4.74 Å². The minimum absolute atomic E-state index is 0.0574. The third-order valence-electron chi connectivity index (χ3n) is 8.71. The van der Waals surface area contributed by atoms with Crippen molar-refractivity contribution in [2.45, 2.75) is 69.9 Å². The lowest BCUT2D eigenvalue weighted by atomic mass is 9.79. The Hall–Kier alpha value is -2.25. The van der Waals surface area contributed by atoms with Crippen LogP contribution in [0.25, 0.3) is 0 Å². The fourth-order valence-corrected chi connectivity index (χ4v) is 6.54. The molecule has 1 saturated carbocycles. The van der Waals surface area contributed by atoms with Crippen LogP contribution in [0.3, 0.4) is 0 Å². The van der Waals surface area contributed by atoms with Gasteiger partial charge in [0.25, 0.3) is 0 Å². The number of methoxy groups -OCH3 is 1. The molecule has 4 nitrogen and oxygen atoms in total. The molecule has 2 heterocycles. The van der Waals surface area contributed by atoms with Gasteiger partial charge in [0.05, 0.1) is 18.1 Å². The largest absolute Gasteiger partial charge is 0.484 e. The average Bonchev–Trinajstić information content (AvgIpc) is 3.73. The molecule has 2 aliphatic heterocycles. The minimum Gasteiger partial charge on any atom is -0.484 e. The van der Waals surface area contributed by atoms with Crippen LogP contribution in [0.2, 0.25) is 5.02 Å². The Morgan fingerprint density at radius 2 is 1.81 bits per heavy atom. The number of rotatable bonds is 6. The molecule has 0 bridgehead atoms. The highest BCUT2D eigenvalue weighted by molar-refractivity contribution is 6.31. The summed E-state index contributed by atoms with van der Waals surface area (Å²) in [7, 11) is 1.37. The smallest absolute Gasteiger partial charge is 0.309 e. The molecule has 8 heteroatoms. The molecule has 200 valence electrons. The Morgan fingerprint density at radius 3 is 2.46 bits per heavy atom. The van der Waals surface area contributed by atoms with Crippen molar-refractivity contribution >= 4 is 17.6 Å². The highest BCUT2D eigenvalue weighted by Crippen LogP contribution is 2.50. The van der Waals surface area contributed by atoms with E-state index < -0.39 is 23.2 Å². The van der Waals surface area contributed by atoms with E-state index in [0.29, 0.717) is 49.2 Å². The summed E-state index contributed by atoms with van der Waals surface area (Å²) in [6, 6.07) is 5.57. The van der Waals surface area contributed by atoms with Crippen molar-refractivity contribution in [1.29, 1.82) is 0 Å². The molecule has 1 spiro atoms. The monoisotopic (exact) mass is 535 g/mol. The molecule has 0 N–H and O–H groups in total. The zero-order chi connectivity index (χ0) is 26.5. The molecule has 2 fully saturated rings. The van der Waals surface area contributed by atoms with Gasteiger partial charge >= 0.3 is 5.97 Å². The van der Waals surface area contributed by atoms with Gasteiger partial charge in [-0.2, -0.15) is 0 Å². The van der Waals surface area contributed by atoms with Crippen LogP contribution in [-0.2, 0) is 16.0 Å². The van der Waals surface area contributed by atoms with Crippen LogP contribution in [0.5, 0.6) is 5.75 Å². The number of hydrogen-bond acceptors (Lipinski definition) is 4. The number of hydrogen-bond donors (Lipinski definition) is 0. The molecule has 1 unspecified atom stereocenters. The lowest BCUT2D eigenvalue weighted by molar-refractivity contribution is -0.145. The number of halogens is 4. The Kier molecular flexibility index (Phi) is 7.22. The maximum atomic E-state index is 16.0. The summed E-state index contributed by atoms with van der Waals surface area (Å²) in [6.45, 7) is 4.97. The van der Waals surface area contributed by atoms with Crippen molar-refractivity contribution < 1.29 is 27.4 Å². The van der Waals surface area contributed by atoms with Gasteiger partial charge in [0.2, 0.25) is 0 Å². The highest BCUT2D eigenvalue weighted by atomic mass is 35.5. The van der Waals surface area contributed by atoms with E-state index in [2.05, 4.69) is 4.90 Å². The zero-order valence-electron chi connectivity index (χ0n) is 21.5. The first-order valence-corrected chi connectivity index (χ1v) is 13.5. The standard InChI is InChI=1S/C29H33ClF3NO3/c1-16(28(35)36-3)24(18-4-5-18)21-7-6-19-8-9-29(37-27(19)26(21)33)10-12-34(13-11-29)17(2)22-14-20(31)15-23(32)25(22)30/h6-7,14-18,24H,4-5,8-13H2,1-3H3/t16-,17?,24-/m0/s1. The maximum absolute atomic E-state index is 16.0. The number of piperidine rings is 1. The summed E-state index contributed by atoms with van der Waals surface area (Å²) in [5.74, 6) is -2.20. The molecule has 0 radical (unpaired) electrons. The summed E-state index contributed by atoms with van der Waals surface area (Å²) in [4.78, 5) is 14.5. The third kappa shape index (κ3) is 4.97. The molecule has 1 aliphatic carbocycles. The highest BCUT2D eigenvalue weighted by Gasteiger charge is 2.44. The molecule has 37 heavy (non-hydrogen) atoms. The number of aryl methyl sites for hydroxylation is 1. The van der Waals surface area contributed by atoms with Gasteiger partial charge in [0, 0.05) is 31.1 Å². The predicted molar refractivity (Wildman–Crippen MR) is 135 cm³/mol. The van der Waals surface area contributed by atoms with Crippen LogP contribution in [0.15, 0.2) is 24.3 Å². The number of ether oxygens (including phenoxy) is 2. The predicted octanol–water partition coefficient (Wildman–Crippen LogP) is 6.98. The summed E-state index contributed by atoms with van der Waals surface area (Å²) in [5, 5.41) is -0.0574. The van der Waals surface area contributed by atoms with E-state index in [1.807, 2.05) is 26.0 Å². The van der Waals surface area contributed by atoms with Gasteiger partial charge in [0.15, 0.2) is 11.6 Å². The second-order valence-corrected chi connectivity index (χ2v) is 11.3. The van der Waals surface area contributed by atoms with Crippen molar-refractivity contribution in [2.24, 2.45) is 11.8 Å². The third-order valence-corrected chi connectivity index (χ3v) is 9.10. The quantitative estimate of drug-likeness (QED) is 0.295. The van der Waals surface area contributed by atoms with Gasteiger partial charge in [-0.3, -0.25) is 9.69 Å². The van der Waals surface area contributed by atoms with Crippen LogP contribution in [0, 0.1) is 29.3 Å². The summed E-state index contributed by atoms with van der Waals surface area (Å²) in [5.41, 5.74) is 1.31. The van der Waals surface area contributed by atoms with Crippen molar-refractivity contribution in [1.82, 2.24) is 4.90 Å². The Labute approximate surface area is 221 Å². The number of benzene rings is 2. The van der Waals surface area contributed by atoms with Gasteiger partial charge in [-0.1, -0.05) is 30.7 Å². The second-order valence-electron chi connectivity index (χ2n) is 10.9. The van der Waals surface area contributed by atoms with Gasteiger partial charge < -0.3 is 9.47 Å². The minimum atomic E-state index is -0.762. The van der Waals surface area contributed by atoms with Crippen LogP contribution in [0.1, 0.15) is 74.6 Å². The van der Waals surface area contributed by atoms with Gasteiger partial charge in [-0.25, -0.2) is 13.2 Å². The molecular weight excluding hydrogens is 503 g/mol. The van der Waals surface area contributed by atoms with Crippen LogP contribution in [-0.4, -0.2) is 36.7 Å². The molecule has 0 aromatic heterocycles. The van der Waals surface area contributed by atoms with E-state index in [1.165, 1.54) is 13.2 Å². The summed E-state index contributed by atoms with van der Waals surface area (Å²) in [6.07, 6.45) is 4.77. The van der Waals surface area contributed by atoms with E-state index in [9.17, 15) is 13.6 Å². The zero-order valence-corrected chi connectivity index (χ0v) is 22.2. The lowest BCUT2D eigenvalue weighted by Gasteiger charge is -2.46. The number of esters is 1. The molecule has 1 saturated heterocycles. The number of likely N-dealkylation sites (tertiary alicyclic amines) is 1. The van der Waals surface area contributed by atoms with Gasteiger partial charge in [0.1, 0.15) is 17.2 Å². The SMILES string of the molecule is COC(=O)[C@@H](C)[C@H](c1ccc2c(c1F)OC1(CC2)CCN(C(C)c2cc(F)cc(F)c2Cl)CC1)C1CC1. The van der Waals surface area contributed by atoms with Gasteiger partial charge in [-0.15, -0.1) is 0 Å².